The van der Waals surface area contributed by atoms with E-state index in [2.05, 4.69) is 20.4 Å². The average molecular weight is 292 g/mol. The van der Waals surface area contributed by atoms with Crippen molar-refractivity contribution in [2.24, 2.45) is 22.7 Å². The van der Waals surface area contributed by atoms with Crippen LogP contribution in [-0.4, -0.2) is 11.6 Å². The maximum atomic E-state index is 12.9. The summed E-state index contributed by atoms with van der Waals surface area (Å²) in [4.78, 5) is 12.9. The van der Waals surface area contributed by atoms with E-state index in [4.69, 9.17) is 4.74 Å². The first-order valence-corrected chi connectivity index (χ1v) is 8.41. The van der Waals surface area contributed by atoms with E-state index in [9.17, 15) is 4.79 Å². The van der Waals surface area contributed by atoms with Crippen LogP contribution in [0.3, 0.4) is 0 Å². The van der Waals surface area contributed by atoms with Crippen LogP contribution in [-0.2, 0) is 9.53 Å². The molecule has 2 saturated carbocycles. The number of carbonyl (C=O) groups is 1. The molecular formula is C19H32O2. The van der Waals surface area contributed by atoms with Gasteiger partial charge in [-0.1, -0.05) is 38.8 Å². The van der Waals surface area contributed by atoms with E-state index in [1.807, 2.05) is 27.7 Å². The lowest BCUT2D eigenvalue weighted by molar-refractivity contribution is -0.165. The van der Waals surface area contributed by atoms with Crippen molar-refractivity contribution in [3.05, 3.63) is 12.2 Å². The summed E-state index contributed by atoms with van der Waals surface area (Å²) in [7, 11) is 0. The van der Waals surface area contributed by atoms with Gasteiger partial charge in [0.15, 0.2) is 0 Å². The molecule has 4 atom stereocenters. The van der Waals surface area contributed by atoms with Crippen molar-refractivity contribution in [2.45, 2.75) is 79.2 Å². The van der Waals surface area contributed by atoms with Gasteiger partial charge < -0.3 is 4.74 Å². The minimum atomic E-state index is -0.467. The number of hydrogen-bond acceptors (Lipinski definition) is 2. The number of ether oxygens (including phenoxy) is 1. The summed E-state index contributed by atoms with van der Waals surface area (Å²) in [6.07, 6.45) is 5.67. The first kappa shape index (κ1) is 16.6. The Kier molecular flexibility index (Phi) is 4.06. The molecule has 0 radical (unpaired) electrons. The second-order valence-electron chi connectivity index (χ2n) is 8.78. The van der Waals surface area contributed by atoms with Gasteiger partial charge in [0.2, 0.25) is 0 Å². The molecule has 2 rings (SSSR count). The van der Waals surface area contributed by atoms with E-state index in [1.165, 1.54) is 19.3 Å². The summed E-state index contributed by atoms with van der Waals surface area (Å²) < 4.78 is 5.77. The normalized spacial score (nSPS) is 39.7. The van der Waals surface area contributed by atoms with Crippen LogP contribution in [0.1, 0.15) is 73.6 Å². The fourth-order valence-corrected chi connectivity index (χ4v) is 4.56. The largest absolute Gasteiger partial charge is 0.459 e. The van der Waals surface area contributed by atoms with Gasteiger partial charge in [0.05, 0.1) is 5.41 Å². The average Bonchev–Trinajstić information content (AvgIpc) is 2.64. The smallest absolute Gasteiger partial charge is 0.316 e. The molecule has 2 fully saturated rings. The predicted molar refractivity (Wildman–Crippen MR) is 86.9 cm³/mol. The highest BCUT2D eigenvalue weighted by Gasteiger charge is 2.59. The van der Waals surface area contributed by atoms with E-state index in [1.54, 1.807) is 0 Å². The lowest BCUT2D eigenvalue weighted by Crippen LogP contribution is -2.38. The highest BCUT2D eigenvalue weighted by molar-refractivity contribution is 5.81. The molecule has 2 aliphatic rings. The van der Waals surface area contributed by atoms with Gasteiger partial charge in [0.1, 0.15) is 5.60 Å². The van der Waals surface area contributed by atoms with Crippen LogP contribution in [0.25, 0.3) is 0 Å². The van der Waals surface area contributed by atoms with Gasteiger partial charge in [-0.15, -0.1) is 0 Å². The van der Waals surface area contributed by atoms with Gasteiger partial charge in [-0.3, -0.25) is 4.79 Å². The summed E-state index contributed by atoms with van der Waals surface area (Å²) in [6, 6.07) is 0. The van der Waals surface area contributed by atoms with E-state index in [0.717, 1.165) is 18.4 Å². The molecule has 2 heteroatoms. The summed E-state index contributed by atoms with van der Waals surface area (Å²) in [6.45, 7) is 16.8. The standard InChI is InChI=1S/C19H32O2/c1-13(2)19(16(20)21-17(4,5)6)11-15-10-8-9-14(3)18(15,7)12-19/h14-15H,1,8-12H2,2-7H3/t14-,15+,18+,19+/m0/s1. The third-order valence-corrected chi connectivity index (χ3v) is 6.13. The molecule has 2 aliphatic carbocycles. The van der Waals surface area contributed by atoms with Crippen LogP contribution in [0.2, 0.25) is 0 Å². The van der Waals surface area contributed by atoms with Crippen molar-refractivity contribution in [3.8, 4) is 0 Å². The Hall–Kier alpha value is -0.790. The lowest BCUT2D eigenvalue weighted by Gasteiger charge is -2.42. The second-order valence-corrected chi connectivity index (χ2v) is 8.78. The Morgan fingerprint density at radius 1 is 1.29 bits per heavy atom. The molecule has 120 valence electrons. The zero-order valence-electron chi connectivity index (χ0n) is 14.7. The third-order valence-electron chi connectivity index (χ3n) is 6.13. The third kappa shape index (κ3) is 2.78. The Morgan fingerprint density at radius 2 is 1.90 bits per heavy atom. The van der Waals surface area contributed by atoms with Gasteiger partial charge >= 0.3 is 5.97 Å². The van der Waals surface area contributed by atoms with Crippen molar-refractivity contribution in [1.82, 2.24) is 0 Å². The minimum Gasteiger partial charge on any atom is -0.459 e. The van der Waals surface area contributed by atoms with Gasteiger partial charge in [0, 0.05) is 0 Å². The highest BCUT2D eigenvalue weighted by atomic mass is 16.6. The molecule has 0 amide bonds. The first-order valence-electron chi connectivity index (χ1n) is 8.41. The zero-order chi connectivity index (χ0) is 16.1. The van der Waals surface area contributed by atoms with Crippen LogP contribution in [0, 0.1) is 22.7 Å². The fraction of sp³-hybridized carbons (Fsp3) is 0.842. The number of hydrogen-bond donors (Lipinski definition) is 0. The summed E-state index contributed by atoms with van der Waals surface area (Å²) in [5.74, 6) is 1.26. The molecule has 0 bridgehead atoms. The molecule has 0 N–H and O–H groups in total. The topological polar surface area (TPSA) is 26.3 Å². The van der Waals surface area contributed by atoms with Crippen LogP contribution in [0.4, 0.5) is 0 Å². The molecule has 0 saturated heterocycles. The monoisotopic (exact) mass is 292 g/mol. The molecule has 0 aromatic heterocycles. The molecule has 0 aromatic carbocycles. The second kappa shape index (κ2) is 5.14. The maximum Gasteiger partial charge on any atom is 0.316 e. The van der Waals surface area contributed by atoms with Crippen LogP contribution < -0.4 is 0 Å². The van der Waals surface area contributed by atoms with Crippen LogP contribution >= 0.6 is 0 Å². The first-order chi connectivity index (χ1) is 9.51. The number of rotatable bonds is 2. The molecule has 0 unspecified atom stereocenters. The van der Waals surface area contributed by atoms with Crippen LogP contribution in [0.15, 0.2) is 12.2 Å². The zero-order valence-corrected chi connectivity index (χ0v) is 14.7. The SMILES string of the molecule is C=C(C)[C@@]1(C(=O)OC(C)(C)C)C[C@H]2CCC[C@H](C)[C@@]2(C)C1. The molecule has 0 spiro atoms. The van der Waals surface area contributed by atoms with Crippen molar-refractivity contribution < 1.29 is 9.53 Å². The predicted octanol–water partition coefficient (Wildman–Crippen LogP) is 5.13. The maximum absolute atomic E-state index is 12.9. The Balaban J connectivity index is 2.33. The van der Waals surface area contributed by atoms with Gasteiger partial charge in [-0.25, -0.2) is 0 Å². The van der Waals surface area contributed by atoms with E-state index >= 15 is 0 Å². The van der Waals surface area contributed by atoms with Crippen molar-refractivity contribution >= 4 is 5.97 Å². The molecule has 0 aliphatic heterocycles. The van der Waals surface area contributed by atoms with E-state index in [0.29, 0.717) is 11.8 Å². The van der Waals surface area contributed by atoms with Gasteiger partial charge in [-0.2, -0.15) is 0 Å². The van der Waals surface area contributed by atoms with Crippen molar-refractivity contribution in [3.63, 3.8) is 0 Å². The van der Waals surface area contributed by atoms with Crippen molar-refractivity contribution in [1.29, 1.82) is 0 Å². The van der Waals surface area contributed by atoms with Crippen molar-refractivity contribution in [2.75, 3.05) is 0 Å². The minimum absolute atomic E-state index is 0.0506. The number of fused-ring (bicyclic) bond motifs is 1. The molecular weight excluding hydrogens is 260 g/mol. The Morgan fingerprint density at radius 3 is 2.38 bits per heavy atom. The molecule has 21 heavy (non-hydrogen) atoms. The molecule has 0 heterocycles. The number of carbonyl (C=O) groups excluding carboxylic acids is 1. The lowest BCUT2D eigenvalue weighted by atomic mass is 9.63. The van der Waals surface area contributed by atoms with Gasteiger partial charge in [0.25, 0.3) is 0 Å². The van der Waals surface area contributed by atoms with E-state index < -0.39 is 11.0 Å². The fourth-order valence-electron chi connectivity index (χ4n) is 4.56. The Labute approximate surface area is 130 Å². The molecule has 0 aromatic rings. The summed E-state index contributed by atoms with van der Waals surface area (Å²) in [5, 5.41) is 0. The van der Waals surface area contributed by atoms with Gasteiger partial charge in [-0.05, 0) is 64.2 Å². The highest BCUT2D eigenvalue weighted by Crippen LogP contribution is 2.63. The Bertz CT molecular complexity index is 445. The molecule has 2 nitrogen and oxygen atoms in total. The number of esters is 1. The van der Waals surface area contributed by atoms with E-state index in [-0.39, 0.29) is 11.4 Å². The summed E-state index contributed by atoms with van der Waals surface area (Å²) >= 11 is 0. The quantitative estimate of drug-likeness (QED) is 0.521. The van der Waals surface area contributed by atoms with Crippen LogP contribution in [0.5, 0.6) is 0 Å². The summed E-state index contributed by atoms with van der Waals surface area (Å²) in [5.41, 5.74) is 0.346.